The maximum Gasteiger partial charge on any atom is 0.297 e. The number of nitrogens with zero attached hydrogens (tertiary/aromatic N) is 4. The van der Waals surface area contributed by atoms with Gasteiger partial charge >= 0.3 is 0 Å². The van der Waals surface area contributed by atoms with Gasteiger partial charge in [0.05, 0.1) is 33.0 Å². The third-order valence-electron chi connectivity index (χ3n) is 15.3. The topological polar surface area (TPSA) is 172 Å². The lowest BCUT2D eigenvalue weighted by atomic mass is 9.59. The highest BCUT2D eigenvalue weighted by Crippen LogP contribution is 2.54. The Morgan fingerprint density at radius 1 is 1.03 bits per heavy atom. The number of hydrogen-bond donors (Lipinski definition) is 3. The van der Waals surface area contributed by atoms with Gasteiger partial charge in [0, 0.05) is 55.3 Å². The van der Waals surface area contributed by atoms with Gasteiger partial charge in [-0.05, 0) is 124 Å². The molecule has 2 aromatic heterocycles. The standard InChI is InChI=1S/C50H57F2N7O7S/c1-30(2)36-7-4-5-8-37(36)42-9-6-18-58(42)33-25-50(26-33)16-19-57(20-17-50)32-10-11-38(44(21-32)66-34-22-39-40(51)28-54-47(39)53-27-34)48(60)56-67(63,64)35-23-43(59(61)62)46-45(24-35)65-29-41(55-46)31-12-14-49(3,52)15-13-31/h4-5,7-8,10-11,21-24,27-28,30-31,33,41-42,55H,6,9,12-20,25-26,29H2,1-3H3,(H,53,54)(H,56,60)/t31?,41-,42-,49?/m1/s1. The Morgan fingerprint density at radius 3 is 2.54 bits per heavy atom. The summed E-state index contributed by atoms with van der Waals surface area (Å²) in [7, 11) is -4.73. The quantitative estimate of drug-likeness (QED) is 0.0850. The second kappa shape index (κ2) is 17.4. The number of sulfonamides is 1. The minimum Gasteiger partial charge on any atom is -0.489 e. The predicted octanol–water partition coefficient (Wildman–Crippen LogP) is 10.3. The number of halogens is 2. The number of anilines is 2. The van der Waals surface area contributed by atoms with E-state index < -0.39 is 42.9 Å². The lowest BCUT2D eigenvalue weighted by Crippen LogP contribution is -2.54. The van der Waals surface area contributed by atoms with Crippen molar-refractivity contribution in [2.75, 3.05) is 36.5 Å². The zero-order valence-corrected chi connectivity index (χ0v) is 38.8. The van der Waals surface area contributed by atoms with Crippen molar-refractivity contribution in [1.29, 1.82) is 0 Å². The number of H-pyrrole nitrogens is 1. The summed E-state index contributed by atoms with van der Waals surface area (Å²) in [6, 6.07) is 18.0. The molecule has 5 aliphatic rings. The Labute approximate surface area is 389 Å². The number of ether oxygens (including phenoxy) is 2. The largest absolute Gasteiger partial charge is 0.489 e. The van der Waals surface area contributed by atoms with Crippen LogP contribution in [0.25, 0.3) is 11.0 Å². The van der Waals surface area contributed by atoms with Gasteiger partial charge in [-0.3, -0.25) is 19.8 Å². The van der Waals surface area contributed by atoms with Crippen LogP contribution in [-0.4, -0.2) is 78.1 Å². The van der Waals surface area contributed by atoms with Crippen molar-refractivity contribution in [1.82, 2.24) is 19.6 Å². The van der Waals surface area contributed by atoms with Crippen LogP contribution in [0.1, 0.15) is 118 Å². The SMILES string of the molecule is CC(C)c1ccccc1[C@H]1CCCN1C1CC2(CCN(c3ccc(C(=O)NS(=O)(=O)c4cc5c(c([N+](=O)[O-])c4)N[C@@H](C4CCC(C)(F)CC4)CO5)c(Oc4cnc5[nH]cc(F)c5c4)c3)CC2)C1. The molecule has 3 aliphatic heterocycles. The van der Waals surface area contributed by atoms with Crippen LogP contribution in [0.4, 0.5) is 25.8 Å². The summed E-state index contributed by atoms with van der Waals surface area (Å²) in [6.45, 7) is 8.89. The fourth-order valence-electron chi connectivity index (χ4n) is 11.5. The number of piperidine rings is 1. The first kappa shape index (κ1) is 45.0. The average Bonchev–Trinajstić information content (AvgIpc) is 3.94. The van der Waals surface area contributed by atoms with Gasteiger partial charge in [0.1, 0.15) is 35.2 Å². The molecule has 5 aromatic rings. The van der Waals surface area contributed by atoms with Gasteiger partial charge in [-0.15, -0.1) is 0 Å². The van der Waals surface area contributed by atoms with E-state index in [-0.39, 0.29) is 57.9 Å². The van der Waals surface area contributed by atoms with E-state index in [9.17, 15) is 32.1 Å². The van der Waals surface area contributed by atoms with Crippen molar-refractivity contribution in [2.45, 2.75) is 120 Å². The molecule has 14 nitrogen and oxygen atoms in total. The number of benzene rings is 3. The van der Waals surface area contributed by atoms with Crippen LogP contribution in [0.15, 0.2) is 78.0 Å². The third-order valence-corrected chi connectivity index (χ3v) is 16.6. The molecule has 17 heteroatoms. The van der Waals surface area contributed by atoms with E-state index in [1.165, 1.54) is 48.5 Å². The van der Waals surface area contributed by atoms with Crippen molar-refractivity contribution >= 4 is 44.0 Å². The van der Waals surface area contributed by atoms with Gasteiger partial charge in [0.15, 0.2) is 11.4 Å². The van der Waals surface area contributed by atoms with Crippen LogP contribution in [0.2, 0.25) is 0 Å². The van der Waals surface area contributed by atoms with E-state index >= 15 is 0 Å². The van der Waals surface area contributed by atoms with Crippen LogP contribution >= 0.6 is 0 Å². The zero-order valence-electron chi connectivity index (χ0n) is 38.0. The number of pyridine rings is 1. The highest BCUT2D eigenvalue weighted by Gasteiger charge is 2.50. The zero-order chi connectivity index (χ0) is 46.8. The minimum atomic E-state index is -4.73. The van der Waals surface area contributed by atoms with Gasteiger partial charge in [-0.2, -0.15) is 0 Å². The number of carbonyl (C=O) groups is 1. The molecule has 2 aliphatic carbocycles. The maximum absolute atomic E-state index is 14.7. The average molecular weight is 938 g/mol. The Bertz CT molecular complexity index is 2830. The van der Waals surface area contributed by atoms with Gasteiger partial charge in [0.2, 0.25) is 0 Å². The third kappa shape index (κ3) is 8.80. The van der Waals surface area contributed by atoms with E-state index in [0.29, 0.717) is 49.3 Å². The van der Waals surface area contributed by atoms with Gasteiger partial charge in [-0.1, -0.05) is 38.1 Å². The molecule has 5 heterocycles. The molecule has 0 unspecified atom stereocenters. The number of nitrogens with one attached hydrogen (secondary N) is 3. The molecule has 0 radical (unpaired) electrons. The van der Waals surface area contributed by atoms with Crippen molar-refractivity contribution in [3.8, 4) is 17.2 Å². The normalized spacial score (nSPS) is 24.2. The Balaban J connectivity index is 0.863. The number of alkyl halides is 1. The van der Waals surface area contributed by atoms with Crippen molar-refractivity contribution < 1.29 is 36.4 Å². The molecule has 1 spiro atoms. The Kier molecular flexibility index (Phi) is 11.7. The monoisotopic (exact) mass is 937 g/mol. The molecule has 67 heavy (non-hydrogen) atoms. The number of aromatic nitrogens is 2. The van der Waals surface area contributed by atoms with Crippen LogP contribution in [-0.2, 0) is 10.0 Å². The number of nitro groups is 1. The number of amides is 1. The summed E-state index contributed by atoms with van der Waals surface area (Å²) in [5.74, 6) is -1.02. The number of hydrogen-bond acceptors (Lipinski definition) is 11. The molecule has 2 saturated carbocycles. The first-order valence-corrected chi connectivity index (χ1v) is 25.1. The minimum absolute atomic E-state index is 0.0100. The molecule has 1 amide bonds. The number of fused-ring (bicyclic) bond motifs is 2. The van der Waals surface area contributed by atoms with Crippen LogP contribution in [0, 0.1) is 27.3 Å². The van der Waals surface area contributed by atoms with Crippen molar-refractivity contribution in [3.63, 3.8) is 0 Å². The van der Waals surface area contributed by atoms with Crippen molar-refractivity contribution in [2.24, 2.45) is 11.3 Å². The summed E-state index contributed by atoms with van der Waals surface area (Å²) < 4.78 is 71.4. The summed E-state index contributed by atoms with van der Waals surface area (Å²) in [5.41, 5.74) is 2.33. The highest BCUT2D eigenvalue weighted by atomic mass is 32.2. The molecule has 3 N–H and O–H groups in total. The van der Waals surface area contributed by atoms with Gasteiger partial charge < -0.3 is 24.7 Å². The smallest absolute Gasteiger partial charge is 0.297 e. The van der Waals surface area contributed by atoms with Gasteiger partial charge in [0.25, 0.3) is 21.6 Å². The summed E-state index contributed by atoms with van der Waals surface area (Å²) in [4.78, 5) is 37.2. The maximum atomic E-state index is 14.7. The number of nitro benzene ring substituents is 1. The summed E-state index contributed by atoms with van der Waals surface area (Å²) in [6.07, 6.45) is 11.1. The van der Waals surface area contributed by atoms with Crippen LogP contribution in [0.5, 0.6) is 17.2 Å². The number of likely N-dealkylation sites (tertiary alicyclic amines) is 1. The number of rotatable bonds is 11. The summed E-state index contributed by atoms with van der Waals surface area (Å²) >= 11 is 0. The molecule has 4 fully saturated rings. The first-order valence-electron chi connectivity index (χ1n) is 23.6. The summed E-state index contributed by atoms with van der Waals surface area (Å²) in [5, 5.41) is 15.7. The van der Waals surface area contributed by atoms with E-state index in [2.05, 4.69) is 67.9 Å². The second-order valence-corrected chi connectivity index (χ2v) is 21.7. The molecule has 0 bridgehead atoms. The Morgan fingerprint density at radius 2 is 1.79 bits per heavy atom. The van der Waals surface area contributed by atoms with Gasteiger partial charge in [-0.25, -0.2) is 26.9 Å². The number of aromatic amines is 1. The lowest BCUT2D eigenvalue weighted by molar-refractivity contribution is -0.384. The van der Waals surface area contributed by atoms with E-state index in [4.69, 9.17) is 9.47 Å². The second-order valence-electron chi connectivity index (χ2n) is 20.0. The highest BCUT2D eigenvalue weighted by molar-refractivity contribution is 7.90. The molecule has 2 saturated heterocycles. The van der Waals surface area contributed by atoms with E-state index in [0.717, 1.165) is 63.1 Å². The number of carbonyl (C=O) groups excluding carboxylic acids is 1. The van der Waals surface area contributed by atoms with Crippen molar-refractivity contribution in [3.05, 3.63) is 106 Å². The fraction of sp³-hybridized carbons (Fsp3) is 0.480. The lowest BCUT2D eigenvalue weighted by Gasteiger charge is -2.56. The molecule has 10 rings (SSSR count). The molecule has 3 aromatic carbocycles. The van der Waals surface area contributed by atoms with E-state index in [1.54, 1.807) is 19.1 Å². The van der Waals surface area contributed by atoms with Crippen LogP contribution in [0.3, 0.4) is 0 Å². The van der Waals surface area contributed by atoms with E-state index in [1.807, 2.05) is 0 Å². The predicted molar refractivity (Wildman–Crippen MR) is 251 cm³/mol. The first-order chi connectivity index (χ1) is 32.1. The fourth-order valence-corrected chi connectivity index (χ4v) is 12.5. The molecular weight excluding hydrogens is 881 g/mol. The van der Waals surface area contributed by atoms with Crippen LogP contribution < -0.4 is 24.4 Å². The molecular formula is C50H57F2N7O7S. The Hall–Kier alpha value is -5.81. The molecule has 354 valence electrons. The molecule has 2 atom stereocenters.